The normalized spacial score (nSPS) is 11.2. The third-order valence-corrected chi connectivity index (χ3v) is 7.32. The van der Waals surface area contributed by atoms with Gasteiger partial charge in [-0.3, -0.25) is 9.59 Å². The molecule has 0 spiro atoms. The minimum absolute atomic E-state index is 0.0168. The van der Waals surface area contributed by atoms with Crippen molar-refractivity contribution in [2.75, 3.05) is 6.54 Å². The van der Waals surface area contributed by atoms with Gasteiger partial charge in [-0.2, -0.15) is 0 Å². The monoisotopic (exact) mass is 531 g/mol. The number of unbranched alkanes of at least 4 members (excludes halogenated alkanes) is 7. The Morgan fingerprint density at radius 2 is 1.49 bits per heavy atom. The standard InChI is InChI=1S/C27H37N3O6S/c1-3-5-7-9-10-12-21-18-24(27(33)34)29-19-23(21)26(32)30-37(35,36)22-15-13-20(14-16-22)25(31)28-17-11-8-6-4-2/h13-16,18-19H,3-12,17H2,1-2H3,(H,28,31)(H,30,32)(H,33,34). The summed E-state index contributed by atoms with van der Waals surface area (Å²) in [6.07, 6.45) is 10.5. The molecule has 1 heterocycles. The van der Waals surface area contributed by atoms with Gasteiger partial charge in [-0.25, -0.2) is 22.9 Å². The number of aromatic carboxylic acids is 1. The molecular formula is C27H37N3O6S. The van der Waals surface area contributed by atoms with E-state index in [1.807, 2.05) is 4.72 Å². The van der Waals surface area contributed by atoms with E-state index in [9.17, 15) is 27.9 Å². The fourth-order valence-electron chi connectivity index (χ4n) is 3.82. The Hall–Kier alpha value is -3.27. The first-order valence-electron chi connectivity index (χ1n) is 12.9. The Morgan fingerprint density at radius 3 is 2.11 bits per heavy atom. The zero-order valence-corrected chi connectivity index (χ0v) is 22.4. The molecule has 37 heavy (non-hydrogen) atoms. The highest BCUT2D eigenvalue weighted by Crippen LogP contribution is 2.17. The lowest BCUT2D eigenvalue weighted by Gasteiger charge is -2.12. The van der Waals surface area contributed by atoms with E-state index < -0.39 is 21.9 Å². The van der Waals surface area contributed by atoms with Gasteiger partial charge in [-0.05, 0) is 55.2 Å². The number of carbonyl (C=O) groups is 3. The largest absolute Gasteiger partial charge is 0.477 e. The van der Waals surface area contributed by atoms with E-state index in [1.165, 1.54) is 30.3 Å². The van der Waals surface area contributed by atoms with Crippen molar-refractivity contribution in [3.05, 3.63) is 58.9 Å². The van der Waals surface area contributed by atoms with Crippen LogP contribution in [0, 0.1) is 0 Å². The number of nitrogens with one attached hydrogen (secondary N) is 2. The molecule has 0 bridgehead atoms. The van der Waals surface area contributed by atoms with Crippen molar-refractivity contribution in [2.24, 2.45) is 0 Å². The molecule has 3 N–H and O–H groups in total. The summed E-state index contributed by atoms with van der Waals surface area (Å²) in [6.45, 7) is 4.75. The Balaban J connectivity index is 2.09. The van der Waals surface area contributed by atoms with Crippen LogP contribution in [-0.2, 0) is 16.4 Å². The molecule has 0 aliphatic carbocycles. The molecule has 0 saturated carbocycles. The van der Waals surface area contributed by atoms with Gasteiger partial charge in [0.1, 0.15) is 5.69 Å². The highest BCUT2D eigenvalue weighted by atomic mass is 32.2. The molecule has 0 aliphatic rings. The second kappa shape index (κ2) is 15.1. The lowest BCUT2D eigenvalue weighted by molar-refractivity contribution is 0.0689. The van der Waals surface area contributed by atoms with Crippen LogP contribution in [0.15, 0.2) is 41.4 Å². The van der Waals surface area contributed by atoms with Crippen molar-refractivity contribution < 1.29 is 27.9 Å². The lowest BCUT2D eigenvalue weighted by atomic mass is 10.0. The number of nitrogens with zero attached hydrogens (tertiary/aromatic N) is 1. The summed E-state index contributed by atoms with van der Waals surface area (Å²) in [5.41, 5.74) is 0.562. The maximum Gasteiger partial charge on any atom is 0.354 e. The number of carboxylic acid groups (broad SMARTS) is 1. The number of aryl methyl sites for hydroxylation is 1. The summed E-state index contributed by atoms with van der Waals surface area (Å²) in [6, 6.07) is 6.64. The highest BCUT2D eigenvalue weighted by Gasteiger charge is 2.22. The Kier molecular flexibility index (Phi) is 12.2. The molecule has 2 amide bonds. The second-order valence-electron chi connectivity index (χ2n) is 8.97. The van der Waals surface area contributed by atoms with Gasteiger partial charge in [0, 0.05) is 18.3 Å². The zero-order valence-electron chi connectivity index (χ0n) is 21.6. The van der Waals surface area contributed by atoms with Crippen LogP contribution in [0.5, 0.6) is 0 Å². The number of hydrogen-bond donors (Lipinski definition) is 3. The van der Waals surface area contributed by atoms with Crippen LogP contribution in [0.1, 0.15) is 108 Å². The smallest absolute Gasteiger partial charge is 0.354 e. The molecule has 9 nitrogen and oxygen atoms in total. The van der Waals surface area contributed by atoms with Crippen molar-refractivity contribution in [1.82, 2.24) is 15.0 Å². The molecule has 2 rings (SSSR count). The van der Waals surface area contributed by atoms with E-state index in [4.69, 9.17) is 0 Å². The third kappa shape index (κ3) is 9.60. The molecule has 0 fully saturated rings. The van der Waals surface area contributed by atoms with Gasteiger partial charge in [0.05, 0.1) is 10.5 Å². The number of benzene rings is 1. The maximum atomic E-state index is 12.9. The van der Waals surface area contributed by atoms with E-state index in [0.29, 0.717) is 24.1 Å². The van der Waals surface area contributed by atoms with Crippen molar-refractivity contribution in [3.8, 4) is 0 Å². The molecule has 0 radical (unpaired) electrons. The maximum absolute atomic E-state index is 12.9. The number of hydrogen-bond acceptors (Lipinski definition) is 6. The topological polar surface area (TPSA) is 143 Å². The van der Waals surface area contributed by atoms with E-state index >= 15 is 0 Å². The number of carbonyl (C=O) groups excluding carboxylic acids is 2. The third-order valence-electron chi connectivity index (χ3n) is 5.97. The first-order chi connectivity index (χ1) is 17.7. The van der Waals surface area contributed by atoms with Gasteiger partial charge in [-0.15, -0.1) is 0 Å². The van der Waals surface area contributed by atoms with Crippen molar-refractivity contribution in [1.29, 1.82) is 0 Å². The average Bonchev–Trinajstić information content (AvgIpc) is 2.88. The van der Waals surface area contributed by atoms with Crippen LogP contribution >= 0.6 is 0 Å². The number of sulfonamides is 1. The van der Waals surface area contributed by atoms with Crippen LogP contribution in [0.2, 0.25) is 0 Å². The number of carboxylic acids is 1. The fourth-order valence-corrected chi connectivity index (χ4v) is 4.79. The van der Waals surface area contributed by atoms with Crippen LogP contribution in [-0.4, -0.2) is 42.8 Å². The molecule has 0 atom stereocenters. The van der Waals surface area contributed by atoms with Crippen LogP contribution in [0.25, 0.3) is 0 Å². The van der Waals surface area contributed by atoms with Crippen LogP contribution < -0.4 is 10.0 Å². The number of rotatable bonds is 16. The molecule has 1 aromatic heterocycles. The van der Waals surface area contributed by atoms with E-state index in [-0.39, 0.29) is 22.1 Å². The SMILES string of the molecule is CCCCCCCc1cc(C(=O)O)ncc1C(=O)NS(=O)(=O)c1ccc(C(=O)NCCCCCC)cc1. The van der Waals surface area contributed by atoms with E-state index in [2.05, 4.69) is 24.1 Å². The van der Waals surface area contributed by atoms with Crippen LogP contribution in [0.3, 0.4) is 0 Å². The fraction of sp³-hybridized carbons (Fsp3) is 0.481. The summed E-state index contributed by atoms with van der Waals surface area (Å²) in [5.74, 6) is -2.41. The summed E-state index contributed by atoms with van der Waals surface area (Å²) in [4.78, 5) is 40.2. The average molecular weight is 532 g/mol. The molecule has 202 valence electrons. The zero-order chi connectivity index (χ0) is 27.3. The minimum atomic E-state index is -4.23. The van der Waals surface area contributed by atoms with Gasteiger partial charge in [0.15, 0.2) is 0 Å². The van der Waals surface area contributed by atoms with Gasteiger partial charge >= 0.3 is 5.97 Å². The lowest BCUT2D eigenvalue weighted by Crippen LogP contribution is -2.31. The molecule has 0 aliphatic heterocycles. The predicted octanol–water partition coefficient (Wildman–Crippen LogP) is 4.72. The second-order valence-corrected chi connectivity index (χ2v) is 10.7. The number of amides is 2. The van der Waals surface area contributed by atoms with Crippen LogP contribution in [0.4, 0.5) is 0 Å². The first-order valence-corrected chi connectivity index (χ1v) is 14.4. The molecule has 0 unspecified atom stereocenters. The molecule has 10 heteroatoms. The Morgan fingerprint density at radius 1 is 0.865 bits per heavy atom. The van der Waals surface area contributed by atoms with Gasteiger partial charge in [-0.1, -0.05) is 58.8 Å². The molecular weight excluding hydrogens is 494 g/mol. The van der Waals surface area contributed by atoms with Crippen molar-refractivity contribution in [2.45, 2.75) is 83.0 Å². The highest BCUT2D eigenvalue weighted by molar-refractivity contribution is 7.90. The van der Waals surface area contributed by atoms with Gasteiger partial charge in [0.25, 0.3) is 21.8 Å². The number of pyridine rings is 1. The molecule has 1 aromatic carbocycles. The molecule has 2 aromatic rings. The Labute approximate surface area is 219 Å². The Bertz CT molecular complexity index is 1160. The van der Waals surface area contributed by atoms with E-state index in [0.717, 1.165) is 64.0 Å². The quantitative estimate of drug-likeness (QED) is 0.266. The summed E-state index contributed by atoms with van der Waals surface area (Å²) < 4.78 is 27.7. The predicted molar refractivity (Wildman–Crippen MR) is 141 cm³/mol. The first kappa shape index (κ1) is 30.0. The summed E-state index contributed by atoms with van der Waals surface area (Å²) in [7, 11) is -4.23. The van der Waals surface area contributed by atoms with Gasteiger partial charge < -0.3 is 10.4 Å². The summed E-state index contributed by atoms with van der Waals surface area (Å²) >= 11 is 0. The van der Waals surface area contributed by atoms with Crippen molar-refractivity contribution >= 4 is 27.8 Å². The summed E-state index contributed by atoms with van der Waals surface area (Å²) in [5, 5.41) is 12.1. The number of aromatic nitrogens is 1. The minimum Gasteiger partial charge on any atom is -0.477 e. The molecule has 0 saturated heterocycles. The van der Waals surface area contributed by atoms with Crippen molar-refractivity contribution in [3.63, 3.8) is 0 Å². The van der Waals surface area contributed by atoms with Gasteiger partial charge in [0.2, 0.25) is 0 Å². The van der Waals surface area contributed by atoms with E-state index in [1.54, 1.807) is 0 Å².